The van der Waals surface area contributed by atoms with Gasteiger partial charge in [0.2, 0.25) is 0 Å². The average Bonchev–Trinajstić information content (AvgIpc) is 2.99. The third kappa shape index (κ3) is 4.47. The van der Waals surface area contributed by atoms with Crippen LogP contribution in [0.2, 0.25) is 0 Å². The highest BCUT2D eigenvalue weighted by atomic mass is 32.1. The van der Waals surface area contributed by atoms with E-state index in [1.54, 1.807) is 28.4 Å². The van der Waals surface area contributed by atoms with Gasteiger partial charge in [-0.25, -0.2) is 4.79 Å². The monoisotopic (exact) mass is 416 g/mol. The van der Waals surface area contributed by atoms with Crippen LogP contribution in [0.25, 0.3) is 0 Å². The number of aryl methyl sites for hydroxylation is 1. The molecule has 0 aliphatic heterocycles. The van der Waals surface area contributed by atoms with Crippen LogP contribution in [0.1, 0.15) is 67.6 Å². The summed E-state index contributed by atoms with van der Waals surface area (Å²) in [5.74, 6) is 0.147. The Morgan fingerprint density at radius 3 is 2.69 bits per heavy atom. The summed E-state index contributed by atoms with van der Waals surface area (Å²) >= 11 is 1.59. The zero-order valence-corrected chi connectivity index (χ0v) is 18.2. The van der Waals surface area contributed by atoms with Crippen LogP contribution < -0.4 is 5.32 Å². The van der Waals surface area contributed by atoms with Gasteiger partial charge in [0.25, 0.3) is 5.91 Å². The third-order valence-corrected chi connectivity index (χ3v) is 6.46. The molecule has 2 heterocycles. The molecule has 0 radical (unpaired) electrons. The van der Waals surface area contributed by atoms with E-state index in [2.05, 4.69) is 10.4 Å². The number of anilines is 1. The molecule has 0 bridgehead atoms. The molecule has 0 unspecified atom stereocenters. The van der Waals surface area contributed by atoms with Crippen molar-refractivity contribution in [2.24, 2.45) is 7.05 Å². The summed E-state index contributed by atoms with van der Waals surface area (Å²) in [5, 5.41) is 8.82. The Morgan fingerprint density at radius 1 is 1.34 bits per heavy atom. The van der Waals surface area contributed by atoms with Crippen molar-refractivity contribution in [3.63, 3.8) is 0 Å². The van der Waals surface area contributed by atoms with E-state index in [0.29, 0.717) is 11.3 Å². The van der Waals surface area contributed by atoms with E-state index in [9.17, 15) is 9.59 Å². The molecule has 2 amide bonds. The quantitative estimate of drug-likeness (QED) is 0.785. The lowest BCUT2D eigenvalue weighted by Gasteiger charge is -2.38. The van der Waals surface area contributed by atoms with E-state index in [-0.39, 0.29) is 30.0 Å². The van der Waals surface area contributed by atoms with Gasteiger partial charge in [-0.1, -0.05) is 0 Å². The van der Waals surface area contributed by atoms with Crippen molar-refractivity contribution in [1.82, 2.24) is 14.7 Å². The lowest BCUT2D eigenvalue weighted by Crippen LogP contribution is -2.48. The van der Waals surface area contributed by atoms with Gasteiger partial charge in [0.15, 0.2) is 0 Å². The fraction of sp³-hybridized carbons (Fsp3) is 0.571. The Labute approximate surface area is 175 Å². The van der Waals surface area contributed by atoms with Crippen molar-refractivity contribution in [1.29, 1.82) is 0 Å². The molecule has 2 aromatic heterocycles. The zero-order valence-electron chi connectivity index (χ0n) is 17.3. The van der Waals surface area contributed by atoms with Gasteiger partial charge in [-0.3, -0.25) is 9.48 Å². The molecule has 7 nitrogen and oxygen atoms in total. The highest BCUT2D eigenvalue weighted by Crippen LogP contribution is 2.49. The Kier molecular flexibility index (Phi) is 5.14. The number of carbonyl (C=O) groups excluding carboxylic acids is 2. The van der Waals surface area contributed by atoms with Crippen LogP contribution in [0.4, 0.5) is 10.5 Å². The van der Waals surface area contributed by atoms with Crippen LogP contribution in [0, 0.1) is 0 Å². The summed E-state index contributed by atoms with van der Waals surface area (Å²) in [6.45, 7) is 5.71. The second kappa shape index (κ2) is 7.48. The molecule has 156 valence electrons. The summed E-state index contributed by atoms with van der Waals surface area (Å²) in [5.41, 5.74) is 0.826. The standard InChI is InChI=1S/C21H28N4O3S/c1-21(2,3)28-20(27)25(15-6-5-7-15)17-9-16(17)18-8-13(12-29-18)19(26)23-14-10-22-24(4)11-14/h8,10-12,15-17H,5-7,9H2,1-4H3,(H,23,26)/t16-,17-/m1/s1. The second-order valence-corrected chi connectivity index (χ2v) is 9.92. The first kappa shape index (κ1) is 19.9. The average molecular weight is 417 g/mol. The Bertz CT molecular complexity index is 909. The first-order valence-electron chi connectivity index (χ1n) is 10.1. The Morgan fingerprint density at radius 2 is 2.10 bits per heavy atom. The maximum atomic E-state index is 12.8. The topological polar surface area (TPSA) is 76.5 Å². The van der Waals surface area contributed by atoms with Gasteiger partial charge >= 0.3 is 6.09 Å². The molecular formula is C21H28N4O3S. The van der Waals surface area contributed by atoms with Gasteiger partial charge < -0.3 is 15.0 Å². The van der Waals surface area contributed by atoms with Crippen LogP contribution in [0.3, 0.4) is 0 Å². The summed E-state index contributed by atoms with van der Waals surface area (Å²) in [6.07, 6.45) is 7.37. The molecule has 0 aromatic carbocycles. The molecule has 2 atom stereocenters. The van der Waals surface area contributed by atoms with Gasteiger partial charge in [-0.05, 0) is 52.5 Å². The van der Waals surface area contributed by atoms with Gasteiger partial charge in [0, 0.05) is 41.5 Å². The maximum Gasteiger partial charge on any atom is 0.410 e. The second-order valence-electron chi connectivity index (χ2n) is 8.98. The van der Waals surface area contributed by atoms with Crippen LogP contribution in [-0.2, 0) is 11.8 Å². The molecule has 29 heavy (non-hydrogen) atoms. The minimum Gasteiger partial charge on any atom is -0.444 e. The van der Waals surface area contributed by atoms with Crippen molar-refractivity contribution in [3.8, 4) is 0 Å². The normalized spacial score (nSPS) is 21.4. The molecule has 0 saturated heterocycles. The number of hydrogen-bond donors (Lipinski definition) is 1. The van der Waals surface area contributed by atoms with Crippen LogP contribution >= 0.6 is 11.3 Å². The van der Waals surface area contributed by atoms with Crippen molar-refractivity contribution >= 4 is 29.0 Å². The molecule has 2 aliphatic rings. The van der Waals surface area contributed by atoms with Crippen LogP contribution in [0.5, 0.6) is 0 Å². The number of rotatable bonds is 5. The van der Waals surface area contributed by atoms with E-state index in [1.807, 2.05) is 44.2 Å². The molecule has 2 aromatic rings. The summed E-state index contributed by atoms with van der Waals surface area (Å²) in [6, 6.07) is 2.41. The van der Waals surface area contributed by atoms with Crippen molar-refractivity contribution in [3.05, 3.63) is 34.3 Å². The first-order valence-corrected chi connectivity index (χ1v) is 11.0. The number of ether oxygens (including phenoxy) is 1. The van der Waals surface area contributed by atoms with E-state index in [1.165, 1.54) is 6.42 Å². The first-order chi connectivity index (χ1) is 13.7. The molecule has 2 saturated carbocycles. The summed E-state index contributed by atoms with van der Waals surface area (Å²) in [4.78, 5) is 28.4. The number of nitrogens with zero attached hydrogens (tertiary/aromatic N) is 3. The predicted octanol–water partition coefficient (Wildman–Crippen LogP) is 4.38. The minimum atomic E-state index is -0.496. The molecule has 0 spiro atoms. The smallest absolute Gasteiger partial charge is 0.410 e. The SMILES string of the molecule is Cn1cc(NC(=O)c2csc([C@@H]3C[C@H]3N(C(=O)OC(C)(C)C)C3CCC3)c2)cn1. The van der Waals surface area contributed by atoms with E-state index >= 15 is 0 Å². The number of hydrogen-bond acceptors (Lipinski definition) is 5. The van der Waals surface area contributed by atoms with Crippen molar-refractivity contribution in [2.45, 2.75) is 70.1 Å². The van der Waals surface area contributed by atoms with E-state index < -0.39 is 5.60 Å². The number of aromatic nitrogens is 2. The highest BCUT2D eigenvalue weighted by Gasteiger charge is 2.50. The molecule has 1 N–H and O–H groups in total. The third-order valence-electron chi connectivity index (χ3n) is 5.40. The van der Waals surface area contributed by atoms with Gasteiger partial charge in [-0.15, -0.1) is 11.3 Å². The van der Waals surface area contributed by atoms with Gasteiger partial charge in [0.05, 0.1) is 17.4 Å². The zero-order chi connectivity index (χ0) is 20.8. The lowest BCUT2D eigenvalue weighted by atomic mass is 9.91. The van der Waals surface area contributed by atoms with Crippen LogP contribution in [0.15, 0.2) is 23.8 Å². The van der Waals surface area contributed by atoms with Gasteiger partial charge in [0.1, 0.15) is 5.60 Å². The predicted molar refractivity (Wildman–Crippen MR) is 112 cm³/mol. The Hall–Kier alpha value is -2.35. The number of amides is 2. The molecule has 4 rings (SSSR count). The summed E-state index contributed by atoms with van der Waals surface area (Å²) in [7, 11) is 1.81. The van der Waals surface area contributed by atoms with E-state index in [0.717, 1.165) is 24.1 Å². The molecular weight excluding hydrogens is 388 g/mol. The van der Waals surface area contributed by atoms with E-state index in [4.69, 9.17) is 4.74 Å². The maximum absolute atomic E-state index is 12.8. The largest absolute Gasteiger partial charge is 0.444 e. The highest BCUT2D eigenvalue weighted by molar-refractivity contribution is 7.10. The molecule has 2 fully saturated rings. The fourth-order valence-electron chi connectivity index (χ4n) is 3.68. The fourth-order valence-corrected chi connectivity index (χ4v) is 4.75. The molecule has 2 aliphatic carbocycles. The minimum absolute atomic E-state index is 0.138. The van der Waals surface area contributed by atoms with Crippen LogP contribution in [-0.4, -0.2) is 44.4 Å². The molecule has 8 heteroatoms. The number of thiophene rings is 1. The number of carbonyl (C=O) groups is 2. The Balaban J connectivity index is 1.42. The lowest BCUT2D eigenvalue weighted by molar-refractivity contribution is 0.00410. The number of nitrogens with one attached hydrogen (secondary N) is 1. The van der Waals surface area contributed by atoms with Gasteiger partial charge in [-0.2, -0.15) is 5.10 Å². The summed E-state index contributed by atoms with van der Waals surface area (Å²) < 4.78 is 7.32. The van der Waals surface area contributed by atoms with Crippen molar-refractivity contribution in [2.75, 3.05) is 5.32 Å². The van der Waals surface area contributed by atoms with Crippen molar-refractivity contribution < 1.29 is 14.3 Å².